The van der Waals surface area contributed by atoms with Crippen LogP contribution in [0.25, 0.3) is 0 Å². The molecule has 0 spiro atoms. The lowest BCUT2D eigenvalue weighted by molar-refractivity contribution is -0.116. The Morgan fingerprint density at radius 2 is 1.54 bits per heavy atom. The third-order valence-corrected chi connectivity index (χ3v) is 5.70. The number of hydrogen-bond acceptors (Lipinski definition) is 3. The van der Waals surface area contributed by atoms with Gasteiger partial charge in [-0.25, -0.2) is 8.42 Å². The highest BCUT2D eigenvalue weighted by Crippen LogP contribution is 2.23. The van der Waals surface area contributed by atoms with Crippen LogP contribution in [0, 0.1) is 0 Å². The van der Waals surface area contributed by atoms with Gasteiger partial charge in [0.1, 0.15) is 5.75 Å². The molecule has 0 saturated carbocycles. The van der Waals surface area contributed by atoms with Crippen molar-refractivity contribution in [3.05, 3.63) is 65.7 Å². The molecule has 2 rings (SSSR count). The average Bonchev–Trinajstić information content (AvgIpc) is 2.55. The maximum absolute atomic E-state index is 12.5. The summed E-state index contributed by atoms with van der Waals surface area (Å²) in [4.78, 5) is 14.0. The predicted octanol–water partition coefficient (Wildman–Crippen LogP) is 3.95. The van der Waals surface area contributed by atoms with Gasteiger partial charge in [0.05, 0.1) is 5.75 Å². The summed E-state index contributed by atoms with van der Waals surface area (Å²) in [7, 11) is -3.54. The topological polar surface area (TPSA) is 54.5 Å². The molecule has 26 heavy (non-hydrogen) atoms. The van der Waals surface area contributed by atoms with Gasteiger partial charge in [0.15, 0.2) is 9.84 Å². The third-order valence-electron chi connectivity index (χ3n) is 4.24. The highest BCUT2D eigenvalue weighted by molar-refractivity contribution is 7.91. The van der Waals surface area contributed by atoms with Gasteiger partial charge in [-0.1, -0.05) is 63.2 Å². The molecule has 140 valence electrons. The number of nitrogens with zero attached hydrogens (tertiary/aromatic N) is 1. The molecule has 0 aliphatic carbocycles. The molecule has 0 saturated heterocycles. The minimum absolute atomic E-state index is 0.0185. The first-order valence-corrected chi connectivity index (χ1v) is 10.6. The van der Waals surface area contributed by atoms with Crippen LogP contribution in [0.5, 0.6) is 0 Å². The van der Waals surface area contributed by atoms with Gasteiger partial charge in [0.2, 0.25) is 5.91 Å². The normalized spacial score (nSPS) is 12.0. The van der Waals surface area contributed by atoms with Crippen LogP contribution in [0.15, 0.2) is 54.6 Å². The van der Waals surface area contributed by atoms with Crippen molar-refractivity contribution in [2.24, 2.45) is 0 Å². The van der Waals surface area contributed by atoms with Crippen LogP contribution in [0.3, 0.4) is 0 Å². The van der Waals surface area contributed by atoms with Gasteiger partial charge in [-0.05, 0) is 35.6 Å². The molecule has 2 aromatic rings. The largest absolute Gasteiger partial charge is 0.312 e. The van der Waals surface area contributed by atoms with E-state index in [1.54, 1.807) is 12.1 Å². The van der Waals surface area contributed by atoms with Crippen molar-refractivity contribution in [3.8, 4) is 0 Å². The number of benzene rings is 2. The van der Waals surface area contributed by atoms with Gasteiger partial charge in [0, 0.05) is 12.2 Å². The van der Waals surface area contributed by atoms with Crippen LogP contribution < -0.4 is 4.90 Å². The monoisotopic (exact) mass is 373 g/mol. The van der Waals surface area contributed by atoms with Crippen LogP contribution >= 0.6 is 0 Å². The van der Waals surface area contributed by atoms with Gasteiger partial charge in [-0.3, -0.25) is 4.79 Å². The molecule has 5 heteroatoms. The van der Waals surface area contributed by atoms with Crippen molar-refractivity contribution < 1.29 is 13.2 Å². The average molecular weight is 374 g/mol. The fourth-order valence-electron chi connectivity index (χ4n) is 2.78. The number of sulfone groups is 1. The Kier molecular flexibility index (Phi) is 6.24. The summed E-state index contributed by atoms with van der Waals surface area (Å²) in [6, 6.07) is 16.7. The molecule has 0 aromatic heterocycles. The van der Waals surface area contributed by atoms with Crippen molar-refractivity contribution in [1.29, 1.82) is 0 Å². The first-order valence-electron chi connectivity index (χ1n) is 8.77. The highest BCUT2D eigenvalue weighted by Gasteiger charge is 2.23. The molecule has 0 aliphatic heterocycles. The van der Waals surface area contributed by atoms with Crippen molar-refractivity contribution >= 4 is 21.4 Å². The molecule has 0 radical (unpaired) electrons. The summed E-state index contributed by atoms with van der Waals surface area (Å²) < 4.78 is 25.0. The van der Waals surface area contributed by atoms with Gasteiger partial charge in [-0.15, -0.1) is 0 Å². The second-order valence-electron chi connectivity index (χ2n) is 7.45. The fraction of sp³-hybridized carbons (Fsp3) is 0.381. The summed E-state index contributed by atoms with van der Waals surface area (Å²) in [5, 5.41) is 0. The molecule has 1 amide bonds. The minimum Gasteiger partial charge on any atom is -0.312 e. The molecule has 0 fully saturated rings. The number of amides is 1. The third kappa shape index (κ3) is 5.43. The molecular weight excluding hydrogens is 346 g/mol. The zero-order chi connectivity index (χ0) is 19.4. The van der Waals surface area contributed by atoms with E-state index >= 15 is 0 Å². The highest BCUT2D eigenvalue weighted by atomic mass is 32.2. The van der Waals surface area contributed by atoms with E-state index in [2.05, 4.69) is 20.8 Å². The van der Waals surface area contributed by atoms with E-state index in [9.17, 15) is 13.2 Å². The zero-order valence-electron chi connectivity index (χ0n) is 15.9. The number of carbonyl (C=O) groups is 1. The number of rotatable bonds is 6. The molecule has 0 unspecified atom stereocenters. The number of anilines is 1. The Bertz CT molecular complexity index is 835. The molecule has 0 atom stereocenters. The quantitative estimate of drug-likeness (QED) is 0.770. The molecule has 0 bridgehead atoms. The second-order valence-corrected chi connectivity index (χ2v) is 9.52. The van der Waals surface area contributed by atoms with Crippen molar-refractivity contribution in [2.45, 2.75) is 38.9 Å². The Hall–Kier alpha value is -2.14. The summed E-state index contributed by atoms with van der Waals surface area (Å²) in [6.07, 6.45) is 0. The molecule has 4 nitrogen and oxygen atoms in total. The molecule has 0 heterocycles. The Morgan fingerprint density at radius 3 is 2.04 bits per heavy atom. The van der Waals surface area contributed by atoms with Gasteiger partial charge in [0.25, 0.3) is 0 Å². The smallest absolute Gasteiger partial charge is 0.242 e. The maximum Gasteiger partial charge on any atom is 0.242 e. The van der Waals surface area contributed by atoms with Crippen molar-refractivity contribution in [3.63, 3.8) is 0 Å². The van der Waals surface area contributed by atoms with Gasteiger partial charge >= 0.3 is 0 Å². The predicted molar refractivity (Wildman–Crippen MR) is 107 cm³/mol. The first-order chi connectivity index (χ1) is 12.1. The van der Waals surface area contributed by atoms with E-state index in [-0.39, 0.29) is 11.2 Å². The summed E-state index contributed by atoms with van der Waals surface area (Å²) in [5.41, 5.74) is 2.58. The molecule has 0 aliphatic rings. The van der Waals surface area contributed by atoms with Crippen LogP contribution in [0.4, 0.5) is 5.69 Å². The van der Waals surface area contributed by atoms with Gasteiger partial charge in [-0.2, -0.15) is 0 Å². The summed E-state index contributed by atoms with van der Waals surface area (Å²) in [6.45, 7) is 8.60. The van der Waals surface area contributed by atoms with E-state index in [1.807, 2.05) is 49.4 Å². The van der Waals surface area contributed by atoms with Crippen molar-refractivity contribution in [1.82, 2.24) is 0 Å². The van der Waals surface area contributed by atoms with E-state index in [0.717, 1.165) is 5.56 Å². The lowest BCUT2D eigenvalue weighted by Crippen LogP contribution is -2.36. The summed E-state index contributed by atoms with van der Waals surface area (Å²) in [5.74, 6) is -1.02. The standard InChI is InChI=1S/C21H27NO3S/c1-5-22(19-9-7-6-8-10-19)20(23)16-26(24,25)15-17-11-13-18(14-12-17)21(2,3)4/h6-14H,5,15-16H2,1-4H3. The maximum atomic E-state index is 12.5. The second kappa shape index (κ2) is 8.04. The Labute approximate surface area is 156 Å². The Balaban J connectivity index is 2.09. The molecular formula is C21H27NO3S. The van der Waals surface area contributed by atoms with Crippen LogP contribution in [-0.4, -0.2) is 26.6 Å². The molecule has 2 aromatic carbocycles. The lowest BCUT2D eigenvalue weighted by Gasteiger charge is -2.21. The van der Waals surface area contributed by atoms with Crippen molar-refractivity contribution in [2.75, 3.05) is 17.2 Å². The van der Waals surface area contributed by atoms with Crippen LogP contribution in [-0.2, 0) is 25.8 Å². The lowest BCUT2D eigenvalue weighted by atomic mass is 9.87. The van der Waals surface area contributed by atoms with E-state index < -0.39 is 21.5 Å². The molecule has 0 N–H and O–H groups in total. The van der Waals surface area contributed by atoms with Gasteiger partial charge < -0.3 is 4.90 Å². The van der Waals surface area contributed by atoms with E-state index in [4.69, 9.17) is 0 Å². The van der Waals surface area contributed by atoms with E-state index in [1.165, 1.54) is 4.90 Å². The first kappa shape index (κ1) is 20.2. The zero-order valence-corrected chi connectivity index (χ0v) is 16.7. The number of para-hydroxylation sites is 1. The summed E-state index contributed by atoms with van der Waals surface area (Å²) >= 11 is 0. The van der Waals surface area contributed by atoms with E-state index in [0.29, 0.717) is 17.8 Å². The fourth-order valence-corrected chi connectivity index (χ4v) is 4.12. The SMILES string of the molecule is CCN(C(=O)CS(=O)(=O)Cc1ccc(C(C)(C)C)cc1)c1ccccc1. The Morgan fingerprint density at radius 1 is 0.962 bits per heavy atom. The number of carbonyl (C=O) groups excluding carboxylic acids is 1. The van der Waals surface area contributed by atoms with Crippen LogP contribution in [0.2, 0.25) is 0 Å². The van der Waals surface area contributed by atoms with Crippen LogP contribution in [0.1, 0.15) is 38.8 Å². The minimum atomic E-state index is -3.54. The number of hydrogen-bond donors (Lipinski definition) is 0.